The van der Waals surface area contributed by atoms with E-state index >= 15 is 0 Å². The molecule has 0 radical (unpaired) electrons. The molecule has 3 heteroatoms. The summed E-state index contributed by atoms with van der Waals surface area (Å²) in [5.41, 5.74) is 1.23. The van der Waals surface area contributed by atoms with Crippen molar-refractivity contribution in [1.29, 1.82) is 0 Å². The largest absolute Gasteiger partial charge is 1.00 e. The topological polar surface area (TPSA) is 27.0 Å². The number of H-pyrrole nitrogens is 1. The second-order valence-corrected chi connectivity index (χ2v) is 9.89. The van der Waals surface area contributed by atoms with Crippen molar-refractivity contribution < 1.29 is 17.5 Å². The highest BCUT2D eigenvalue weighted by Gasteiger charge is 2.06. The average Bonchev–Trinajstić information content (AvgIpc) is 2.83. The van der Waals surface area contributed by atoms with Gasteiger partial charge in [0.1, 0.15) is 5.69 Å². The lowest BCUT2D eigenvalue weighted by molar-refractivity contribution is -0.454. The third-order valence-electron chi connectivity index (χ3n) is 6.96. The van der Waals surface area contributed by atoms with Crippen LogP contribution < -0.4 is 17.5 Å². The third-order valence-corrected chi connectivity index (χ3v) is 6.96. The average molecular weight is 475 g/mol. The van der Waals surface area contributed by atoms with Crippen LogP contribution in [0.1, 0.15) is 141 Å². The summed E-state index contributed by atoms with van der Waals surface area (Å²) in [5.74, 6) is 0. The van der Waals surface area contributed by atoms with E-state index in [4.69, 9.17) is 0 Å². The van der Waals surface area contributed by atoms with Gasteiger partial charge in [-0.05, 0) is 24.0 Å². The highest BCUT2D eigenvalue weighted by Crippen LogP contribution is 2.18. The molecule has 0 amide bonds. The molecule has 33 heavy (non-hydrogen) atoms. The molecule has 0 aliphatic carbocycles. The van der Waals surface area contributed by atoms with Crippen molar-refractivity contribution in [2.45, 2.75) is 142 Å². The number of aryl methyl sites for hydroxylation is 1. The molecule has 1 N–H and O–H groups in total. The molecule has 0 saturated heterocycles. The number of hydrogen-bond acceptors (Lipinski definition) is 1. The lowest BCUT2D eigenvalue weighted by Crippen LogP contribution is -3.00. The van der Waals surface area contributed by atoms with E-state index < -0.39 is 0 Å². The highest BCUT2D eigenvalue weighted by atomic mass is 35.5. The van der Waals surface area contributed by atoms with Crippen molar-refractivity contribution in [3.05, 3.63) is 36.2 Å². The van der Waals surface area contributed by atoms with Crippen LogP contribution in [0.5, 0.6) is 0 Å². The monoisotopic (exact) mass is 474 g/mol. The smallest absolute Gasteiger partial charge is 0.201 e. The van der Waals surface area contributed by atoms with Gasteiger partial charge < -0.3 is 12.4 Å². The van der Waals surface area contributed by atoms with E-state index in [0.29, 0.717) is 0 Å². The summed E-state index contributed by atoms with van der Waals surface area (Å²) in [5, 5.41) is 10.1. The highest BCUT2D eigenvalue weighted by molar-refractivity contribution is 5.82. The van der Waals surface area contributed by atoms with Gasteiger partial charge in [0.2, 0.25) is 6.20 Å². The number of nitrogens with zero attached hydrogens (tertiary/aromatic N) is 1. The lowest BCUT2D eigenvalue weighted by Gasteiger charge is -2.04. The van der Waals surface area contributed by atoms with Crippen molar-refractivity contribution >= 4 is 10.8 Å². The Balaban J connectivity index is 0.00000544. The minimum Gasteiger partial charge on any atom is -1.00 e. The number of aromatic amines is 1. The van der Waals surface area contributed by atoms with E-state index in [0.717, 1.165) is 6.42 Å². The number of fused-ring (bicyclic) bond motifs is 1. The number of rotatable bonds is 21. The van der Waals surface area contributed by atoms with Crippen molar-refractivity contribution in [1.82, 2.24) is 5.10 Å². The van der Waals surface area contributed by atoms with Crippen molar-refractivity contribution in [3.8, 4) is 0 Å². The van der Waals surface area contributed by atoms with Crippen molar-refractivity contribution in [2.24, 2.45) is 0 Å². The Labute approximate surface area is 211 Å². The fourth-order valence-electron chi connectivity index (χ4n) is 4.86. The molecule has 1 aromatic heterocycles. The molecule has 0 bridgehead atoms. The van der Waals surface area contributed by atoms with Gasteiger partial charge in [-0.15, -0.1) is 5.10 Å². The first kappa shape index (κ1) is 29.9. The zero-order chi connectivity index (χ0) is 22.5. The van der Waals surface area contributed by atoms with Crippen LogP contribution in [0.4, 0.5) is 0 Å². The maximum absolute atomic E-state index is 4.50. The normalized spacial score (nSPS) is 11.1. The minimum atomic E-state index is 0. The molecule has 188 valence electrons. The predicted molar refractivity (Wildman–Crippen MR) is 140 cm³/mol. The standard InChI is InChI=1S/C30H50N2.ClH/c1-2-3-4-5-6-7-8-9-10-11-12-13-14-15-16-17-18-19-20-21-26-30-29-25-23-22-24-28(29)27-31-32-30;/h22-25,27H,2-21,26H2,1H3;1H. The molecule has 2 nitrogen and oxygen atoms in total. The van der Waals surface area contributed by atoms with Gasteiger partial charge in [-0.3, -0.25) is 0 Å². The maximum Gasteiger partial charge on any atom is 0.201 e. The van der Waals surface area contributed by atoms with Crippen LogP contribution in [0, 0.1) is 0 Å². The second kappa shape index (κ2) is 21.4. The van der Waals surface area contributed by atoms with Crippen LogP contribution in [0.2, 0.25) is 0 Å². The van der Waals surface area contributed by atoms with Crippen molar-refractivity contribution in [3.63, 3.8) is 0 Å². The summed E-state index contributed by atoms with van der Waals surface area (Å²) in [4.78, 5) is 0. The number of benzene rings is 1. The Hall–Kier alpha value is -1.15. The molecule has 2 rings (SSSR count). The van der Waals surface area contributed by atoms with Crippen LogP contribution in [-0.2, 0) is 6.42 Å². The van der Waals surface area contributed by atoms with E-state index in [1.165, 1.54) is 145 Å². The lowest BCUT2D eigenvalue weighted by atomic mass is 10.0. The zero-order valence-corrected chi connectivity index (χ0v) is 22.3. The Morgan fingerprint density at radius 3 is 1.48 bits per heavy atom. The summed E-state index contributed by atoms with van der Waals surface area (Å²) in [6.07, 6.45) is 31.8. The molecule has 0 fully saturated rings. The fraction of sp³-hybridized carbons (Fsp3) is 0.733. The number of unbranched alkanes of at least 4 members (excludes halogenated alkanes) is 19. The van der Waals surface area contributed by atoms with Gasteiger partial charge in [0.25, 0.3) is 0 Å². The molecule has 1 heterocycles. The predicted octanol–water partition coefficient (Wildman–Crippen LogP) is 6.42. The number of aromatic nitrogens is 2. The molecule has 0 saturated carbocycles. The second-order valence-electron chi connectivity index (χ2n) is 9.89. The molecule has 0 unspecified atom stereocenters. The van der Waals surface area contributed by atoms with E-state index in [9.17, 15) is 0 Å². The van der Waals surface area contributed by atoms with Crippen molar-refractivity contribution in [2.75, 3.05) is 0 Å². The van der Waals surface area contributed by atoms with Gasteiger partial charge in [-0.2, -0.15) is 0 Å². The number of hydrogen-bond donors (Lipinski definition) is 0. The summed E-state index contributed by atoms with van der Waals surface area (Å²) < 4.78 is 0. The molecular weight excluding hydrogens is 424 g/mol. The van der Waals surface area contributed by atoms with Crippen LogP contribution in [0.25, 0.3) is 10.8 Å². The summed E-state index contributed by atoms with van der Waals surface area (Å²) in [6.45, 7) is 2.30. The first-order chi connectivity index (χ1) is 15.9. The van der Waals surface area contributed by atoms with Crippen LogP contribution >= 0.6 is 0 Å². The maximum atomic E-state index is 4.50. The Morgan fingerprint density at radius 1 is 0.576 bits per heavy atom. The van der Waals surface area contributed by atoms with Gasteiger partial charge in [0, 0.05) is 10.8 Å². The van der Waals surface area contributed by atoms with E-state index in [1.54, 1.807) is 0 Å². The molecule has 0 spiro atoms. The van der Waals surface area contributed by atoms with E-state index in [2.05, 4.69) is 41.4 Å². The quantitative estimate of drug-likeness (QED) is 0.192. The van der Waals surface area contributed by atoms with Gasteiger partial charge in [0.05, 0.1) is 0 Å². The zero-order valence-electron chi connectivity index (χ0n) is 21.6. The SMILES string of the molecule is CCCCCCCCCCCCCCCCCCCCCCc1n[nH+]cc2ccccc12.[Cl-]. The Bertz CT molecular complexity index is 683. The van der Waals surface area contributed by atoms with Gasteiger partial charge in [-0.25, -0.2) is 0 Å². The third kappa shape index (κ3) is 14.7. The molecule has 1 aromatic carbocycles. The minimum absolute atomic E-state index is 0. The van der Waals surface area contributed by atoms with E-state index in [1.807, 2.05) is 6.20 Å². The summed E-state index contributed by atoms with van der Waals surface area (Å²) in [6, 6.07) is 8.57. The van der Waals surface area contributed by atoms with Crippen LogP contribution in [0.3, 0.4) is 0 Å². The van der Waals surface area contributed by atoms with Crippen LogP contribution in [-0.4, -0.2) is 5.10 Å². The van der Waals surface area contributed by atoms with Crippen LogP contribution in [0.15, 0.2) is 30.5 Å². The number of halogens is 1. The Morgan fingerprint density at radius 2 is 1.00 bits per heavy atom. The first-order valence-electron chi connectivity index (χ1n) is 14.2. The number of nitrogens with one attached hydrogen (secondary N) is 1. The first-order valence-corrected chi connectivity index (χ1v) is 14.2. The molecule has 0 atom stereocenters. The van der Waals surface area contributed by atoms with E-state index in [-0.39, 0.29) is 12.4 Å². The molecule has 0 aliphatic rings. The van der Waals surface area contributed by atoms with Gasteiger partial charge >= 0.3 is 0 Å². The molecular formula is C30H51ClN2. The summed E-state index contributed by atoms with van der Waals surface area (Å²) >= 11 is 0. The Kier molecular flexibility index (Phi) is 19.4. The van der Waals surface area contributed by atoms with Gasteiger partial charge in [-0.1, -0.05) is 147 Å². The van der Waals surface area contributed by atoms with Gasteiger partial charge in [0.15, 0.2) is 0 Å². The fourth-order valence-corrected chi connectivity index (χ4v) is 4.86. The molecule has 2 aromatic rings. The molecule has 0 aliphatic heterocycles. The summed E-state index contributed by atoms with van der Waals surface area (Å²) in [7, 11) is 0.